The van der Waals surface area contributed by atoms with E-state index >= 15 is 0 Å². The average molecular weight is 154 g/mol. The molecule has 3 nitrogen and oxygen atoms in total. The summed E-state index contributed by atoms with van der Waals surface area (Å²) in [5.74, 6) is 0. The summed E-state index contributed by atoms with van der Waals surface area (Å²) >= 11 is 5.70. The normalized spacial score (nSPS) is 10.5. The van der Waals surface area contributed by atoms with Gasteiger partial charge in [-0.2, -0.15) is 0 Å². The topological polar surface area (TPSA) is 30.2 Å². The third kappa shape index (κ3) is 0.675. The van der Waals surface area contributed by atoms with Gasteiger partial charge in [0.15, 0.2) is 0 Å². The van der Waals surface area contributed by atoms with Crippen LogP contribution in [0.1, 0.15) is 0 Å². The highest BCUT2D eigenvalue weighted by atomic mass is 35.5. The van der Waals surface area contributed by atoms with Crippen molar-refractivity contribution < 1.29 is 0 Å². The lowest BCUT2D eigenvalue weighted by molar-refractivity contribution is 1.12. The highest BCUT2D eigenvalue weighted by molar-refractivity contribution is 6.28. The molecule has 2 rings (SSSR count). The van der Waals surface area contributed by atoms with E-state index in [1.54, 1.807) is 29.2 Å². The van der Waals surface area contributed by atoms with Crippen LogP contribution < -0.4 is 0 Å². The van der Waals surface area contributed by atoms with Crippen LogP contribution in [0.2, 0.25) is 5.28 Å². The van der Waals surface area contributed by atoms with Crippen molar-refractivity contribution in [3.63, 3.8) is 0 Å². The summed E-state index contributed by atoms with van der Waals surface area (Å²) < 4.78 is 1.76. The molecule has 0 atom stereocenters. The molecule has 0 fully saturated rings. The van der Waals surface area contributed by atoms with E-state index in [2.05, 4.69) is 9.97 Å². The Bertz CT molecular complexity index is 355. The lowest BCUT2D eigenvalue weighted by atomic mass is 10.6. The fourth-order valence-electron chi connectivity index (χ4n) is 0.818. The molecule has 0 aliphatic heterocycles. The molecule has 2 aromatic heterocycles. The molecule has 0 saturated heterocycles. The summed E-state index contributed by atoms with van der Waals surface area (Å²) in [5, 5.41) is 0.470. The van der Waals surface area contributed by atoms with Crippen LogP contribution in [0.3, 0.4) is 0 Å². The summed E-state index contributed by atoms with van der Waals surface area (Å²) in [6.07, 6.45) is 6.82. The SMILES string of the molecule is Clc1ncc2cnccn12. The molecule has 0 aliphatic carbocycles. The van der Waals surface area contributed by atoms with Crippen LogP contribution in [0.15, 0.2) is 24.8 Å². The van der Waals surface area contributed by atoms with Crippen molar-refractivity contribution in [2.75, 3.05) is 0 Å². The Hall–Kier alpha value is -1.09. The van der Waals surface area contributed by atoms with Crippen molar-refractivity contribution in [2.24, 2.45) is 0 Å². The van der Waals surface area contributed by atoms with Crippen molar-refractivity contribution in [2.45, 2.75) is 0 Å². The van der Waals surface area contributed by atoms with Crippen molar-refractivity contribution >= 4 is 17.1 Å². The van der Waals surface area contributed by atoms with Crippen molar-refractivity contribution in [1.29, 1.82) is 0 Å². The summed E-state index contributed by atoms with van der Waals surface area (Å²) in [5.41, 5.74) is 0.910. The third-order valence-electron chi connectivity index (χ3n) is 1.29. The molecule has 0 bridgehead atoms. The van der Waals surface area contributed by atoms with E-state index in [1.807, 2.05) is 0 Å². The second-order valence-electron chi connectivity index (χ2n) is 1.90. The molecule has 0 radical (unpaired) electrons. The zero-order valence-corrected chi connectivity index (χ0v) is 5.78. The van der Waals surface area contributed by atoms with E-state index in [9.17, 15) is 0 Å². The van der Waals surface area contributed by atoms with Gasteiger partial charge in [-0.25, -0.2) is 4.98 Å². The average Bonchev–Trinajstić information content (AvgIpc) is 2.34. The van der Waals surface area contributed by atoms with Gasteiger partial charge in [-0.3, -0.25) is 9.38 Å². The van der Waals surface area contributed by atoms with Crippen molar-refractivity contribution in [1.82, 2.24) is 14.4 Å². The predicted octanol–water partition coefficient (Wildman–Crippen LogP) is 1.38. The Morgan fingerprint density at radius 2 is 2.30 bits per heavy atom. The summed E-state index contributed by atoms with van der Waals surface area (Å²) in [6.45, 7) is 0. The van der Waals surface area contributed by atoms with E-state index in [1.165, 1.54) is 0 Å². The maximum atomic E-state index is 5.70. The van der Waals surface area contributed by atoms with Crippen LogP contribution in [0.25, 0.3) is 5.52 Å². The number of aromatic nitrogens is 3. The fourth-order valence-corrected chi connectivity index (χ4v) is 1.02. The van der Waals surface area contributed by atoms with Gasteiger partial charge in [0.2, 0.25) is 5.28 Å². The van der Waals surface area contributed by atoms with Crippen LogP contribution >= 0.6 is 11.6 Å². The number of fused-ring (bicyclic) bond motifs is 1. The lowest BCUT2D eigenvalue weighted by Crippen LogP contribution is -1.82. The molecule has 2 heterocycles. The highest BCUT2D eigenvalue weighted by Crippen LogP contribution is 2.08. The fraction of sp³-hybridized carbons (Fsp3) is 0. The van der Waals surface area contributed by atoms with Crippen LogP contribution in [-0.2, 0) is 0 Å². The molecule has 0 aliphatic rings. The first-order valence-electron chi connectivity index (χ1n) is 2.80. The van der Waals surface area contributed by atoms with Crippen LogP contribution in [0.5, 0.6) is 0 Å². The third-order valence-corrected chi connectivity index (χ3v) is 1.57. The molecular formula is C6H4ClN3. The largest absolute Gasteiger partial charge is 0.287 e. The summed E-state index contributed by atoms with van der Waals surface area (Å²) in [6, 6.07) is 0. The zero-order chi connectivity index (χ0) is 6.97. The molecule has 0 N–H and O–H groups in total. The van der Waals surface area contributed by atoms with Gasteiger partial charge in [0.25, 0.3) is 0 Å². The Morgan fingerprint density at radius 3 is 3.10 bits per heavy atom. The number of halogens is 1. The van der Waals surface area contributed by atoms with Gasteiger partial charge in [-0.1, -0.05) is 0 Å². The first-order valence-corrected chi connectivity index (χ1v) is 3.18. The Morgan fingerprint density at radius 1 is 1.40 bits per heavy atom. The first kappa shape index (κ1) is 5.68. The molecule has 4 heteroatoms. The van der Waals surface area contributed by atoms with Crippen LogP contribution in [0, 0.1) is 0 Å². The maximum absolute atomic E-state index is 5.70. The highest BCUT2D eigenvalue weighted by Gasteiger charge is 1.96. The van der Waals surface area contributed by atoms with Crippen LogP contribution in [0.4, 0.5) is 0 Å². The molecule has 2 aromatic rings. The van der Waals surface area contributed by atoms with E-state index in [0.29, 0.717) is 5.28 Å². The standard InChI is InChI=1S/C6H4ClN3/c7-6-9-4-5-3-8-1-2-10(5)6/h1-4H. The van der Waals surface area contributed by atoms with Gasteiger partial charge in [0.1, 0.15) is 0 Å². The second kappa shape index (κ2) is 1.95. The quantitative estimate of drug-likeness (QED) is 0.573. The van der Waals surface area contributed by atoms with E-state index in [4.69, 9.17) is 11.6 Å². The van der Waals surface area contributed by atoms with E-state index in [0.717, 1.165) is 5.52 Å². The molecule has 0 aromatic carbocycles. The molecule has 0 saturated carbocycles. The number of hydrogen-bond acceptors (Lipinski definition) is 2. The number of nitrogens with zero attached hydrogens (tertiary/aromatic N) is 3. The molecule has 0 spiro atoms. The molecule has 50 valence electrons. The first-order chi connectivity index (χ1) is 4.88. The monoisotopic (exact) mass is 153 g/mol. The number of rotatable bonds is 0. The smallest absolute Gasteiger partial charge is 0.207 e. The molecule has 0 amide bonds. The summed E-state index contributed by atoms with van der Waals surface area (Å²) in [7, 11) is 0. The molecule has 0 unspecified atom stereocenters. The minimum atomic E-state index is 0.470. The summed E-state index contributed by atoms with van der Waals surface area (Å²) in [4.78, 5) is 7.79. The maximum Gasteiger partial charge on any atom is 0.207 e. The van der Waals surface area contributed by atoms with Crippen LogP contribution in [-0.4, -0.2) is 14.4 Å². The lowest BCUT2D eigenvalue weighted by Gasteiger charge is -1.89. The Kier molecular flexibility index (Phi) is 1.11. The predicted molar refractivity (Wildman–Crippen MR) is 38.0 cm³/mol. The zero-order valence-electron chi connectivity index (χ0n) is 5.03. The van der Waals surface area contributed by atoms with Gasteiger partial charge in [-0.05, 0) is 11.6 Å². The van der Waals surface area contributed by atoms with Gasteiger partial charge in [0.05, 0.1) is 17.9 Å². The van der Waals surface area contributed by atoms with Crippen molar-refractivity contribution in [3.05, 3.63) is 30.1 Å². The number of imidazole rings is 1. The van der Waals surface area contributed by atoms with E-state index < -0.39 is 0 Å². The minimum absolute atomic E-state index is 0.470. The Balaban J connectivity index is 2.93. The number of hydrogen-bond donors (Lipinski definition) is 0. The molecule has 10 heavy (non-hydrogen) atoms. The van der Waals surface area contributed by atoms with Gasteiger partial charge >= 0.3 is 0 Å². The van der Waals surface area contributed by atoms with Gasteiger partial charge < -0.3 is 0 Å². The van der Waals surface area contributed by atoms with E-state index in [-0.39, 0.29) is 0 Å². The van der Waals surface area contributed by atoms with Gasteiger partial charge in [0, 0.05) is 12.4 Å². The minimum Gasteiger partial charge on any atom is -0.287 e. The van der Waals surface area contributed by atoms with Crippen molar-refractivity contribution in [3.8, 4) is 0 Å². The second-order valence-corrected chi connectivity index (χ2v) is 2.24. The van der Waals surface area contributed by atoms with Gasteiger partial charge in [-0.15, -0.1) is 0 Å². The Labute approximate surface area is 62.3 Å². The molecular weight excluding hydrogens is 150 g/mol.